The van der Waals surface area contributed by atoms with Crippen LogP contribution in [0.3, 0.4) is 0 Å². The number of hydrogen-bond acceptors (Lipinski definition) is 5. The van der Waals surface area contributed by atoms with Crippen molar-refractivity contribution in [3.63, 3.8) is 0 Å². The van der Waals surface area contributed by atoms with Crippen LogP contribution in [0.1, 0.15) is 88.0 Å². The number of carbonyl (C=O) groups excluding carboxylic acids is 3. The smallest absolute Gasteiger partial charge is 0.678 e. The van der Waals surface area contributed by atoms with Crippen LogP contribution in [0.4, 0.5) is 0 Å². The largest absolute Gasteiger partial charge is 2.00 e. The zero-order chi connectivity index (χ0) is 32.3. The molecule has 2 aliphatic heterocycles. The number of aliphatic carboxylic acids is 1. The first-order valence-electron chi connectivity index (χ1n) is 15.2. The SMILES string of the molecule is CCc1c2[n-]c(c1C=O)/C=c1\[n-]/c(c(C)c1CC)=C\C1=C(C)[C@H](CCC(=O)O)C([N-]1)C1=c3[n-]/c(c(C)c3C(=O)[C@@H]1C(=O)OC)=C\2.[Mg+2]. The van der Waals surface area contributed by atoms with Crippen LogP contribution in [0.5, 0.6) is 0 Å². The molecule has 3 aromatic rings. The molecule has 0 aromatic carbocycles. The van der Waals surface area contributed by atoms with E-state index in [2.05, 4.69) is 0 Å². The van der Waals surface area contributed by atoms with E-state index in [9.17, 15) is 24.3 Å². The second-order valence-corrected chi connectivity index (χ2v) is 11.8. The van der Waals surface area contributed by atoms with Crippen LogP contribution >= 0.6 is 0 Å². The molecule has 1 unspecified atom stereocenters. The maximum absolute atomic E-state index is 14.0. The van der Waals surface area contributed by atoms with Gasteiger partial charge in [-0.2, -0.15) is 0 Å². The number of nitrogens with zero attached hydrogens (tertiary/aromatic N) is 4. The summed E-state index contributed by atoms with van der Waals surface area (Å²) in [6, 6.07) is -0.705. The molecule has 1 aliphatic carbocycles. The van der Waals surface area contributed by atoms with Crippen molar-refractivity contribution in [2.45, 2.75) is 66.3 Å². The molecule has 0 saturated heterocycles. The van der Waals surface area contributed by atoms with Gasteiger partial charge in [-0.05, 0) is 46.0 Å². The van der Waals surface area contributed by atoms with Gasteiger partial charge in [0.25, 0.3) is 0 Å². The second kappa shape index (κ2) is 12.6. The van der Waals surface area contributed by atoms with Crippen LogP contribution in [0, 0.1) is 25.7 Å². The van der Waals surface area contributed by atoms with Gasteiger partial charge in [-0.15, -0.1) is 38.5 Å². The van der Waals surface area contributed by atoms with Gasteiger partial charge in [0.05, 0.1) is 7.11 Å². The minimum atomic E-state index is -1.24. The number of methoxy groups -OCH3 is 1. The third-order valence-electron chi connectivity index (χ3n) is 9.55. The third kappa shape index (κ3) is 5.09. The van der Waals surface area contributed by atoms with E-state index < -0.39 is 29.7 Å². The number of aromatic nitrogens is 3. The molecule has 6 rings (SSSR count). The van der Waals surface area contributed by atoms with E-state index >= 15 is 0 Å². The predicted molar refractivity (Wildman–Crippen MR) is 172 cm³/mol. The summed E-state index contributed by atoms with van der Waals surface area (Å²) in [7, 11) is 1.24. The Balaban J connectivity index is 0.00000417. The van der Waals surface area contributed by atoms with E-state index in [-0.39, 0.29) is 41.8 Å². The first-order chi connectivity index (χ1) is 21.5. The molecule has 0 fully saturated rings. The molecule has 3 aromatic heterocycles. The Morgan fingerprint density at radius 2 is 1.61 bits per heavy atom. The molecule has 5 heterocycles. The zero-order valence-corrected chi connectivity index (χ0v) is 28.3. The summed E-state index contributed by atoms with van der Waals surface area (Å²) in [6.45, 7) is 9.69. The fourth-order valence-corrected chi connectivity index (χ4v) is 7.17. The number of Topliss-reactive ketones (excluding diaryl/α,β-unsaturated/α-hetero) is 1. The molecule has 11 heteroatoms. The number of allylic oxidation sites excluding steroid dienone is 1. The number of hydrogen-bond donors (Lipinski definition) is 1. The number of ether oxygens (including phenoxy) is 1. The summed E-state index contributed by atoms with van der Waals surface area (Å²) in [4.78, 5) is 66.0. The molecule has 10 nitrogen and oxygen atoms in total. The van der Waals surface area contributed by atoms with Crippen molar-refractivity contribution < 1.29 is 29.0 Å². The number of esters is 1. The fraction of sp³-hybridized carbons (Fsp3) is 0.371. The first-order valence-corrected chi connectivity index (χ1v) is 15.2. The van der Waals surface area contributed by atoms with Gasteiger partial charge in [-0.25, -0.2) is 0 Å². The monoisotopic (exact) mass is 630 g/mol. The molecular weight excluding hydrogens is 597 g/mol. The van der Waals surface area contributed by atoms with E-state index in [0.29, 0.717) is 68.2 Å². The molecule has 46 heavy (non-hydrogen) atoms. The molecular formula is C35H34MgN4O6-2. The van der Waals surface area contributed by atoms with Crippen molar-refractivity contribution in [3.8, 4) is 0 Å². The molecule has 0 saturated carbocycles. The van der Waals surface area contributed by atoms with Crippen LogP contribution in [-0.4, -0.2) is 65.3 Å². The molecule has 3 atom stereocenters. The number of carbonyl (C=O) groups is 4. The van der Waals surface area contributed by atoms with Crippen molar-refractivity contribution >= 4 is 70.9 Å². The van der Waals surface area contributed by atoms with Crippen LogP contribution < -0.4 is 36.3 Å². The van der Waals surface area contributed by atoms with Crippen LogP contribution in [0.15, 0.2) is 11.3 Å². The van der Waals surface area contributed by atoms with Crippen LogP contribution in [0.2, 0.25) is 0 Å². The van der Waals surface area contributed by atoms with Gasteiger partial charge in [0, 0.05) is 17.5 Å². The Morgan fingerprint density at radius 1 is 0.935 bits per heavy atom. The third-order valence-corrected chi connectivity index (χ3v) is 9.55. The zero-order valence-electron chi connectivity index (χ0n) is 26.9. The van der Waals surface area contributed by atoms with Gasteiger partial charge in [0.2, 0.25) is 0 Å². The molecule has 234 valence electrons. The molecule has 8 bridgehead atoms. The van der Waals surface area contributed by atoms with E-state index in [4.69, 9.17) is 25.0 Å². The topological polar surface area (TPSA) is 154 Å². The summed E-state index contributed by atoms with van der Waals surface area (Å²) >= 11 is 0. The Hall–Kier alpha value is -4.09. The maximum Gasteiger partial charge on any atom is 2.00 e. The summed E-state index contributed by atoms with van der Waals surface area (Å²) in [5.41, 5.74) is 7.15. The summed E-state index contributed by atoms with van der Waals surface area (Å²) in [5.74, 6) is -3.70. The van der Waals surface area contributed by atoms with Crippen molar-refractivity contribution in [1.29, 1.82) is 0 Å². The van der Waals surface area contributed by atoms with E-state index in [1.807, 2.05) is 39.8 Å². The Labute approximate surface area is 281 Å². The number of ketones is 1. The Morgan fingerprint density at radius 3 is 2.24 bits per heavy atom. The number of carboxylic acid groups (broad SMARTS) is 1. The van der Waals surface area contributed by atoms with Gasteiger partial charge in [0.15, 0.2) is 5.78 Å². The van der Waals surface area contributed by atoms with Crippen molar-refractivity contribution in [1.82, 2.24) is 15.0 Å². The number of fused-ring (bicyclic) bond motifs is 8. The second-order valence-electron chi connectivity index (χ2n) is 11.8. The van der Waals surface area contributed by atoms with E-state index in [1.54, 1.807) is 13.0 Å². The Bertz CT molecular complexity index is 2090. The average Bonchev–Trinajstić information content (AvgIpc) is 3.76. The number of carboxylic acids is 1. The van der Waals surface area contributed by atoms with Gasteiger partial charge < -0.3 is 30.1 Å². The van der Waals surface area contributed by atoms with E-state index in [1.165, 1.54) is 7.11 Å². The quantitative estimate of drug-likeness (QED) is 0.173. The summed E-state index contributed by atoms with van der Waals surface area (Å²) in [5, 5.41) is 17.0. The predicted octanol–water partition coefficient (Wildman–Crippen LogP) is 0.830. The Kier molecular flexibility index (Phi) is 9.11. The van der Waals surface area contributed by atoms with Gasteiger partial charge >= 0.3 is 35.0 Å². The fourth-order valence-electron chi connectivity index (χ4n) is 7.17. The first kappa shape index (κ1) is 33.3. The van der Waals surface area contributed by atoms with Gasteiger partial charge in [-0.3, -0.25) is 19.2 Å². The van der Waals surface area contributed by atoms with Crippen molar-refractivity contribution in [2.75, 3.05) is 7.11 Å². The van der Waals surface area contributed by atoms with Gasteiger partial charge in [0.1, 0.15) is 12.2 Å². The normalized spacial score (nSPS) is 21.8. The number of aldehydes is 1. The minimum absolute atomic E-state index is 0. The molecule has 0 amide bonds. The average molecular weight is 631 g/mol. The molecule has 0 spiro atoms. The van der Waals surface area contributed by atoms with Crippen LogP contribution in [0.25, 0.3) is 29.1 Å². The van der Waals surface area contributed by atoms with Gasteiger partial charge in [-0.1, -0.05) is 71.5 Å². The van der Waals surface area contributed by atoms with E-state index in [0.717, 1.165) is 33.9 Å². The molecule has 1 N–H and O–H groups in total. The standard InChI is InChI=1S/C35H36N4O6.Mg/c1-7-18-15(3)22-11-23-16(4)20(9-10-28(41)42)32(38-23)30-31(35(44)45-6)34(43)29-17(5)24(39-33(29)30)12-26-19(8-2)21(14-40)27(37-26)13-25(18)36-22;/h11-14,20,31-32H,7-10H2,1-6H3,(H3,36,37,40,41,42,43);/q-2;+2/p-2/b22-11-;/t20-,31+,32?;/m0./s1. The summed E-state index contributed by atoms with van der Waals surface area (Å²) < 4.78 is 5.11. The van der Waals surface area contributed by atoms with Crippen molar-refractivity contribution in [2.24, 2.45) is 11.8 Å². The van der Waals surface area contributed by atoms with Crippen LogP contribution in [-0.2, 0) is 27.2 Å². The molecule has 0 radical (unpaired) electrons. The maximum atomic E-state index is 14.0. The summed E-state index contributed by atoms with van der Waals surface area (Å²) in [6.07, 6.45) is 7.74. The molecule has 3 aliphatic rings. The van der Waals surface area contributed by atoms with Crippen molar-refractivity contribution in [3.05, 3.63) is 82.8 Å². The number of rotatable bonds is 7. The minimum Gasteiger partial charge on any atom is -0.678 e.